The molecule has 0 bridgehead atoms. The molecule has 124 valence electrons. The molecule has 0 aliphatic carbocycles. The van der Waals surface area contributed by atoms with Crippen LogP contribution in [0.3, 0.4) is 0 Å². The number of carboxylic acids is 1. The Labute approximate surface area is 134 Å². The lowest BCUT2D eigenvalue weighted by Crippen LogP contribution is -2.28. The normalized spacial score (nSPS) is 13.0. The van der Waals surface area contributed by atoms with Crippen LogP contribution in [0.1, 0.15) is 40.2 Å². The Morgan fingerprint density at radius 1 is 1.30 bits per heavy atom. The van der Waals surface area contributed by atoms with Gasteiger partial charge in [0.1, 0.15) is 5.76 Å². The summed E-state index contributed by atoms with van der Waals surface area (Å²) in [5.74, 6) is -0.539. The van der Waals surface area contributed by atoms with E-state index in [1.165, 1.54) is 24.3 Å². The number of hydrogen-bond acceptors (Lipinski definition) is 5. The van der Waals surface area contributed by atoms with Gasteiger partial charge in [-0.15, -0.1) is 0 Å². The Hall–Kier alpha value is -2.19. The fraction of sp³-hybridized carbons (Fsp3) is 0.333. The molecule has 0 saturated carbocycles. The van der Waals surface area contributed by atoms with Crippen molar-refractivity contribution in [1.82, 2.24) is 9.88 Å². The standard InChI is InChI=1S/C15H18N2O5S/c1-9(14-10(2)17-22-11(14)3)8-16-23(20,21)13-6-4-12(5-7-13)15(18)19/h4-7,9,16H,8H2,1-3H3,(H,18,19). The van der Waals surface area contributed by atoms with Crippen LogP contribution < -0.4 is 4.72 Å². The molecule has 0 saturated heterocycles. The number of hydrogen-bond donors (Lipinski definition) is 2. The number of aromatic nitrogens is 1. The Morgan fingerprint density at radius 3 is 2.39 bits per heavy atom. The lowest BCUT2D eigenvalue weighted by atomic mass is 10.0. The number of aromatic carboxylic acids is 1. The number of sulfonamides is 1. The largest absolute Gasteiger partial charge is 0.478 e. The first kappa shape index (κ1) is 17.2. The van der Waals surface area contributed by atoms with Gasteiger partial charge >= 0.3 is 5.97 Å². The van der Waals surface area contributed by atoms with Gasteiger partial charge in [-0.2, -0.15) is 0 Å². The lowest BCUT2D eigenvalue weighted by Gasteiger charge is -2.13. The second kappa shape index (κ2) is 6.51. The zero-order chi connectivity index (χ0) is 17.2. The second-order valence-corrected chi connectivity index (χ2v) is 7.09. The van der Waals surface area contributed by atoms with Crippen molar-refractivity contribution in [2.24, 2.45) is 0 Å². The molecule has 2 rings (SSSR count). The molecule has 2 aromatic rings. The molecular formula is C15H18N2O5S. The molecular weight excluding hydrogens is 320 g/mol. The average Bonchev–Trinajstić information content (AvgIpc) is 2.84. The maximum atomic E-state index is 12.3. The van der Waals surface area contributed by atoms with Gasteiger partial charge in [0.25, 0.3) is 0 Å². The van der Waals surface area contributed by atoms with Crippen molar-refractivity contribution >= 4 is 16.0 Å². The zero-order valence-corrected chi connectivity index (χ0v) is 13.8. The molecule has 0 amide bonds. The van der Waals surface area contributed by atoms with Crippen LogP contribution in [0.25, 0.3) is 0 Å². The van der Waals surface area contributed by atoms with Gasteiger partial charge in [-0.3, -0.25) is 0 Å². The van der Waals surface area contributed by atoms with Crippen molar-refractivity contribution in [1.29, 1.82) is 0 Å². The number of carbonyl (C=O) groups is 1. The van der Waals surface area contributed by atoms with Crippen LogP contribution in [0.5, 0.6) is 0 Å². The van der Waals surface area contributed by atoms with E-state index in [2.05, 4.69) is 9.88 Å². The maximum Gasteiger partial charge on any atom is 0.335 e. The van der Waals surface area contributed by atoms with Gasteiger partial charge in [0.2, 0.25) is 10.0 Å². The number of nitrogens with one attached hydrogen (secondary N) is 1. The summed E-state index contributed by atoms with van der Waals surface area (Å²) in [6.07, 6.45) is 0. The zero-order valence-electron chi connectivity index (χ0n) is 13.0. The summed E-state index contributed by atoms with van der Waals surface area (Å²) in [7, 11) is -3.71. The quantitative estimate of drug-likeness (QED) is 0.834. The molecule has 1 heterocycles. The fourth-order valence-corrected chi connectivity index (χ4v) is 3.52. The number of aryl methyl sites for hydroxylation is 2. The summed E-state index contributed by atoms with van der Waals surface area (Å²) in [6, 6.07) is 5.06. The van der Waals surface area contributed by atoms with E-state index >= 15 is 0 Å². The van der Waals surface area contributed by atoms with Crippen molar-refractivity contribution in [2.45, 2.75) is 31.6 Å². The van der Waals surface area contributed by atoms with Gasteiger partial charge in [-0.25, -0.2) is 17.9 Å². The molecule has 1 unspecified atom stereocenters. The number of nitrogens with zero attached hydrogens (tertiary/aromatic N) is 1. The third-order valence-corrected chi connectivity index (χ3v) is 5.01. The summed E-state index contributed by atoms with van der Waals surface area (Å²) < 4.78 is 32.1. The molecule has 0 spiro atoms. The smallest absolute Gasteiger partial charge is 0.335 e. The van der Waals surface area contributed by atoms with Crippen molar-refractivity contribution in [3.8, 4) is 0 Å². The summed E-state index contributed by atoms with van der Waals surface area (Å²) in [5.41, 5.74) is 1.65. The van der Waals surface area contributed by atoms with Crippen LogP contribution in [-0.2, 0) is 10.0 Å². The van der Waals surface area contributed by atoms with Gasteiger partial charge in [-0.1, -0.05) is 12.1 Å². The highest BCUT2D eigenvalue weighted by Gasteiger charge is 2.20. The maximum absolute atomic E-state index is 12.3. The molecule has 0 fully saturated rings. The van der Waals surface area contributed by atoms with E-state index in [9.17, 15) is 13.2 Å². The van der Waals surface area contributed by atoms with E-state index in [-0.39, 0.29) is 22.9 Å². The molecule has 1 aromatic heterocycles. The molecule has 0 radical (unpaired) electrons. The minimum absolute atomic E-state index is 0.0217. The summed E-state index contributed by atoms with van der Waals surface area (Å²) in [6.45, 7) is 5.65. The van der Waals surface area contributed by atoms with Crippen LogP contribution in [0.15, 0.2) is 33.7 Å². The van der Waals surface area contributed by atoms with Gasteiger partial charge in [-0.05, 0) is 44.0 Å². The summed E-state index contributed by atoms with van der Waals surface area (Å²) in [4.78, 5) is 10.8. The van der Waals surface area contributed by atoms with Crippen LogP contribution in [-0.4, -0.2) is 31.2 Å². The Bertz CT molecular complexity index is 789. The average molecular weight is 338 g/mol. The van der Waals surface area contributed by atoms with E-state index in [0.29, 0.717) is 5.76 Å². The first-order valence-corrected chi connectivity index (χ1v) is 8.46. The third kappa shape index (κ3) is 3.77. The van der Waals surface area contributed by atoms with Crippen molar-refractivity contribution < 1.29 is 22.8 Å². The van der Waals surface area contributed by atoms with E-state index in [1.54, 1.807) is 6.92 Å². The first-order valence-electron chi connectivity index (χ1n) is 6.98. The van der Waals surface area contributed by atoms with E-state index in [0.717, 1.165) is 11.3 Å². The predicted molar refractivity (Wildman–Crippen MR) is 83.0 cm³/mol. The molecule has 0 aliphatic heterocycles. The topological polar surface area (TPSA) is 110 Å². The van der Waals surface area contributed by atoms with Crippen molar-refractivity contribution in [3.63, 3.8) is 0 Å². The van der Waals surface area contributed by atoms with Gasteiger partial charge < -0.3 is 9.63 Å². The fourth-order valence-electron chi connectivity index (χ4n) is 2.39. The molecule has 23 heavy (non-hydrogen) atoms. The van der Waals surface area contributed by atoms with E-state index < -0.39 is 16.0 Å². The Morgan fingerprint density at radius 2 is 1.91 bits per heavy atom. The lowest BCUT2D eigenvalue weighted by molar-refractivity contribution is 0.0696. The Kier molecular flexibility index (Phi) is 4.86. The van der Waals surface area contributed by atoms with Gasteiger partial charge in [0, 0.05) is 12.1 Å². The highest BCUT2D eigenvalue weighted by Crippen LogP contribution is 2.23. The summed E-state index contributed by atoms with van der Waals surface area (Å²) in [5, 5.41) is 12.7. The predicted octanol–water partition coefficient (Wildman–Crippen LogP) is 2.07. The minimum atomic E-state index is -3.71. The second-order valence-electron chi connectivity index (χ2n) is 5.32. The third-order valence-electron chi connectivity index (χ3n) is 3.57. The minimum Gasteiger partial charge on any atom is -0.478 e. The van der Waals surface area contributed by atoms with Crippen LogP contribution in [0.4, 0.5) is 0 Å². The molecule has 8 heteroatoms. The van der Waals surface area contributed by atoms with Crippen molar-refractivity contribution in [2.75, 3.05) is 6.54 Å². The Balaban J connectivity index is 2.11. The van der Waals surface area contributed by atoms with Gasteiger partial charge in [0.05, 0.1) is 16.2 Å². The van der Waals surface area contributed by atoms with Gasteiger partial charge in [0.15, 0.2) is 0 Å². The van der Waals surface area contributed by atoms with Crippen LogP contribution in [0.2, 0.25) is 0 Å². The summed E-state index contributed by atoms with van der Waals surface area (Å²) >= 11 is 0. The number of rotatable bonds is 6. The number of carboxylic acid groups (broad SMARTS) is 1. The van der Waals surface area contributed by atoms with Crippen LogP contribution >= 0.6 is 0 Å². The molecule has 1 aromatic carbocycles. The molecule has 0 aliphatic rings. The molecule has 2 N–H and O–H groups in total. The first-order chi connectivity index (χ1) is 10.7. The van der Waals surface area contributed by atoms with Crippen LogP contribution in [0, 0.1) is 13.8 Å². The van der Waals surface area contributed by atoms with E-state index in [1.807, 2.05) is 13.8 Å². The van der Waals surface area contributed by atoms with E-state index in [4.69, 9.17) is 9.63 Å². The monoisotopic (exact) mass is 338 g/mol. The SMILES string of the molecule is Cc1noc(C)c1C(C)CNS(=O)(=O)c1ccc(C(=O)O)cc1. The highest BCUT2D eigenvalue weighted by molar-refractivity contribution is 7.89. The number of benzene rings is 1. The molecule has 7 nitrogen and oxygen atoms in total. The van der Waals surface area contributed by atoms with Crippen molar-refractivity contribution in [3.05, 3.63) is 46.8 Å². The highest BCUT2D eigenvalue weighted by atomic mass is 32.2. The molecule has 1 atom stereocenters.